The third-order valence-electron chi connectivity index (χ3n) is 3.79. The molecule has 1 heterocycles. The molecule has 1 aromatic heterocycles. The minimum absolute atomic E-state index is 0.0958. The molecular formula is C20H18BrN3O. The second kappa shape index (κ2) is 7.94. The molecule has 25 heavy (non-hydrogen) atoms. The van der Waals surface area contributed by atoms with Crippen LogP contribution in [0.1, 0.15) is 28.9 Å². The number of nitrogens with one attached hydrogen (secondary N) is 2. The molecule has 2 aromatic carbocycles. The molecule has 0 saturated carbocycles. The topological polar surface area (TPSA) is 54.0 Å². The first-order valence-electron chi connectivity index (χ1n) is 7.96. The molecule has 0 fully saturated rings. The molecule has 3 rings (SSSR count). The van der Waals surface area contributed by atoms with Gasteiger partial charge in [0.05, 0.1) is 0 Å². The Kier molecular flexibility index (Phi) is 5.46. The van der Waals surface area contributed by atoms with Crippen molar-refractivity contribution in [2.24, 2.45) is 0 Å². The van der Waals surface area contributed by atoms with Crippen LogP contribution >= 0.6 is 15.9 Å². The van der Waals surface area contributed by atoms with Gasteiger partial charge in [0.15, 0.2) is 0 Å². The lowest BCUT2D eigenvalue weighted by Gasteiger charge is -2.15. The van der Waals surface area contributed by atoms with Gasteiger partial charge < -0.3 is 10.6 Å². The molecule has 2 N–H and O–H groups in total. The Labute approximate surface area is 155 Å². The molecule has 0 bridgehead atoms. The summed E-state index contributed by atoms with van der Waals surface area (Å²) in [6.45, 7) is 2.06. The zero-order valence-electron chi connectivity index (χ0n) is 13.7. The lowest BCUT2D eigenvalue weighted by molar-refractivity contribution is 0.102. The molecule has 5 heteroatoms. The lowest BCUT2D eigenvalue weighted by atomic mass is 10.1. The standard InChI is InChI=1S/C20H18BrN3O/c1-14(15-5-3-2-4-6-15)23-19-13-16(11-12-22-19)20(25)24-18-9-7-17(21)8-10-18/h2-14H,1H3,(H,22,23)(H,24,25). The first kappa shape index (κ1) is 17.2. The van der Waals surface area contributed by atoms with Crippen molar-refractivity contribution in [2.45, 2.75) is 13.0 Å². The van der Waals surface area contributed by atoms with Crippen molar-refractivity contribution in [2.75, 3.05) is 10.6 Å². The number of amides is 1. The molecule has 0 spiro atoms. The van der Waals surface area contributed by atoms with Crippen LogP contribution < -0.4 is 10.6 Å². The Morgan fingerprint density at radius 1 is 1.04 bits per heavy atom. The fourth-order valence-electron chi connectivity index (χ4n) is 2.43. The van der Waals surface area contributed by atoms with Gasteiger partial charge >= 0.3 is 0 Å². The molecular weight excluding hydrogens is 378 g/mol. The Balaban J connectivity index is 1.70. The van der Waals surface area contributed by atoms with Crippen LogP contribution in [0.5, 0.6) is 0 Å². The zero-order chi connectivity index (χ0) is 17.6. The van der Waals surface area contributed by atoms with Crippen LogP contribution in [0.25, 0.3) is 0 Å². The van der Waals surface area contributed by atoms with Crippen LogP contribution in [0.3, 0.4) is 0 Å². The van der Waals surface area contributed by atoms with E-state index in [1.165, 1.54) is 0 Å². The SMILES string of the molecule is CC(Nc1cc(C(=O)Nc2ccc(Br)cc2)ccn1)c1ccccc1. The summed E-state index contributed by atoms with van der Waals surface area (Å²) in [4.78, 5) is 16.7. The number of aromatic nitrogens is 1. The highest BCUT2D eigenvalue weighted by atomic mass is 79.9. The summed E-state index contributed by atoms with van der Waals surface area (Å²) in [5.41, 5.74) is 2.46. The van der Waals surface area contributed by atoms with Gasteiger partial charge in [0.25, 0.3) is 5.91 Å². The first-order chi connectivity index (χ1) is 12.1. The Hall–Kier alpha value is -2.66. The minimum Gasteiger partial charge on any atom is -0.364 e. The van der Waals surface area contributed by atoms with E-state index in [9.17, 15) is 4.79 Å². The van der Waals surface area contributed by atoms with Gasteiger partial charge in [-0.15, -0.1) is 0 Å². The number of anilines is 2. The maximum atomic E-state index is 12.4. The second-order valence-electron chi connectivity index (χ2n) is 5.67. The van der Waals surface area contributed by atoms with Gasteiger partial charge in [0.2, 0.25) is 0 Å². The number of hydrogen-bond donors (Lipinski definition) is 2. The van der Waals surface area contributed by atoms with E-state index < -0.39 is 0 Å². The fourth-order valence-corrected chi connectivity index (χ4v) is 2.70. The number of rotatable bonds is 5. The zero-order valence-corrected chi connectivity index (χ0v) is 15.3. The normalized spacial score (nSPS) is 11.6. The van der Waals surface area contributed by atoms with Crippen molar-refractivity contribution in [3.05, 3.63) is 88.5 Å². The van der Waals surface area contributed by atoms with Crippen LogP contribution in [-0.4, -0.2) is 10.9 Å². The van der Waals surface area contributed by atoms with E-state index in [1.54, 1.807) is 18.3 Å². The van der Waals surface area contributed by atoms with Crippen LogP contribution in [0.4, 0.5) is 11.5 Å². The summed E-state index contributed by atoms with van der Waals surface area (Å²) in [6, 6.07) is 21.1. The highest BCUT2D eigenvalue weighted by molar-refractivity contribution is 9.10. The number of hydrogen-bond acceptors (Lipinski definition) is 3. The van der Waals surface area contributed by atoms with Gasteiger partial charge in [-0.2, -0.15) is 0 Å². The van der Waals surface area contributed by atoms with Crippen molar-refractivity contribution in [1.82, 2.24) is 4.98 Å². The molecule has 126 valence electrons. The second-order valence-corrected chi connectivity index (χ2v) is 6.58. The molecule has 1 amide bonds. The molecule has 0 aliphatic carbocycles. The van der Waals surface area contributed by atoms with E-state index in [0.717, 1.165) is 15.7 Å². The van der Waals surface area contributed by atoms with Gasteiger partial charge in [-0.05, 0) is 48.9 Å². The predicted molar refractivity (Wildman–Crippen MR) is 105 cm³/mol. The van der Waals surface area contributed by atoms with E-state index in [0.29, 0.717) is 11.4 Å². The Morgan fingerprint density at radius 2 is 1.76 bits per heavy atom. The molecule has 1 unspecified atom stereocenters. The molecule has 0 aliphatic rings. The van der Waals surface area contributed by atoms with Crippen LogP contribution in [0, 0.1) is 0 Å². The largest absolute Gasteiger partial charge is 0.364 e. The average molecular weight is 396 g/mol. The van der Waals surface area contributed by atoms with Crippen LogP contribution in [0.2, 0.25) is 0 Å². The van der Waals surface area contributed by atoms with Gasteiger partial charge in [-0.3, -0.25) is 4.79 Å². The van der Waals surface area contributed by atoms with Crippen molar-refractivity contribution in [3.8, 4) is 0 Å². The van der Waals surface area contributed by atoms with Crippen LogP contribution in [-0.2, 0) is 0 Å². The van der Waals surface area contributed by atoms with Gasteiger partial charge in [0, 0.05) is 28.0 Å². The van der Waals surface area contributed by atoms with Crippen molar-refractivity contribution in [3.63, 3.8) is 0 Å². The third-order valence-corrected chi connectivity index (χ3v) is 4.32. The summed E-state index contributed by atoms with van der Waals surface area (Å²) in [5, 5.41) is 6.21. The van der Waals surface area contributed by atoms with E-state index >= 15 is 0 Å². The van der Waals surface area contributed by atoms with E-state index in [-0.39, 0.29) is 11.9 Å². The number of halogens is 1. The number of carbonyl (C=O) groups excluding carboxylic acids is 1. The molecule has 1 atom stereocenters. The summed E-state index contributed by atoms with van der Waals surface area (Å²) in [6.07, 6.45) is 1.64. The van der Waals surface area contributed by atoms with Crippen LogP contribution in [0.15, 0.2) is 77.4 Å². The highest BCUT2D eigenvalue weighted by Gasteiger charge is 2.10. The number of pyridine rings is 1. The monoisotopic (exact) mass is 395 g/mol. The van der Waals surface area contributed by atoms with Gasteiger partial charge in [-0.1, -0.05) is 46.3 Å². The molecule has 0 radical (unpaired) electrons. The predicted octanol–water partition coefficient (Wildman–Crippen LogP) is 5.27. The van der Waals surface area contributed by atoms with Crippen molar-refractivity contribution in [1.29, 1.82) is 0 Å². The highest BCUT2D eigenvalue weighted by Crippen LogP contribution is 2.19. The number of nitrogens with zero attached hydrogens (tertiary/aromatic N) is 1. The van der Waals surface area contributed by atoms with Crippen molar-refractivity contribution >= 4 is 33.3 Å². The minimum atomic E-state index is -0.167. The van der Waals surface area contributed by atoms with Gasteiger partial charge in [0.1, 0.15) is 5.82 Å². The maximum absolute atomic E-state index is 12.4. The number of carbonyl (C=O) groups is 1. The fraction of sp³-hybridized carbons (Fsp3) is 0.100. The lowest BCUT2D eigenvalue weighted by Crippen LogP contribution is -2.13. The van der Waals surface area contributed by atoms with E-state index in [4.69, 9.17) is 0 Å². The molecule has 3 aromatic rings. The summed E-state index contributed by atoms with van der Waals surface area (Å²) in [7, 11) is 0. The summed E-state index contributed by atoms with van der Waals surface area (Å²) >= 11 is 3.38. The Morgan fingerprint density at radius 3 is 2.48 bits per heavy atom. The number of benzene rings is 2. The first-order valence-corrected chi connectivity index (χ1v) is 8.75. The van der Waals surface area contributed by atoms with Crippen molar-refractivity contribution < 1.29 is 4.79 Å². The average Bonchev–Trinajstić information content (AvgIpc) is 2.64. The van der Waals surface area contributed by atoms with E-state index in [2.05, 4.69) is 50.6 Å². The molecule has 0 aliphatic heterocycles. The smallest absolute Gasteiger partial charge is 0.255 e. The summed E-state index contributed by atoms with van der Waals surface area (Å²) < 4.78 is 0.968. The third kappa shape index (κ3) is 4.67. The Bertz CT molecular complexity index is 850. The maximum Gasteiger partial charge on any atom is 0.255 e. The summed E-state index contributed by atoms with van der Waals surface area (Å²) in [5.74, 6) is 0.500. The molecule has 0 saturated heterocycles. The quantitative estimate of drug-likeness (QED) is 0.618. The van der Waals surface area contributed by atoms with E-state index in [1.807, 2.05) is 42.5 Å². The molecule has 4 nitrogen and oxygen atoms in total. The van der Waals surface area contributed by atoms with Gasteiger partial charge in [-0.25, -0.2) is 4.98 Å².